The van der Waals surface area contributed by atoms with Gasteiger partial charge in [0.15, 0.2) is 11.5 Å². The summed E-state index contributed by atoms with van der Waals surface area (Å²) in [5.41, 5.74) is 0.738. The van der Waals surface area contributed by atoms with E-state index in [4.69, 9.17) is 14.2 Å². The van der Waals surface area contributed by atoms with Crippen molar-refractivity contribution in [2.75, 3.05) is 32.6 Å². The van der Waals surface area contributed by atoms with Gasteiger partial charge in [-0.3, -0.25) is 4.79 Å². The smallest absolute Gasteiger partial charge is 0.255 e. The second-order valence-electron chi connectivity index (χ2n) is 7.13. The standard InChI is InChI=1S/C21H26N2O6S/c1-14-12-23(13-15(2)29-14)30(25,26)18-7-5-6-16(10-18)21(24)22-17-8-9-19(27-3)20(11-17)28-4/h5-11,14-15H,12-13H2,1-4H3,(H,22,24)/t14-,15-/m1/s1. The summed E-state index contributed by atoms with van der Waals surface area (Å²) in [6, 6.07) is 11.0. The number of carbonyl (C=O) groups is 1. The molecule has 1 amide bonds. The lowest BCUT2D eigenvalue weighted by atomic mass is 10.2. The van der Waals surface area contributed by atoms with Crippen LogP contribution in [0.4, 0.5) is 5.69 Å². The molecule has 2 atom stereocenters. The molecule has 1 fully saturated rings. The van der Waals surface area contributed by atoms with Gasteiger partial charge in [0.25, 0.3) is 5.91 Å². The lowest BCUT2D eigenvalue weighted by Gasteiger charge is -2.34. The van der Waals surface area contributed by atoms with Gasteiger partial charge in [-0.25, -0.2) is 8.42 Å². The number of sulfonamides is 1. The Balaban J connectivity index is 1.82. The monoisotopic (exact) mass is 434 g/mol. The zero-order valence-corrected chi connectivity index (χ0v) is 18.2. The molecule has 0 aromatic heterocycles. The predicted molar refractivity (Wildman–Crippen MR) is 113 cm³/mol. The molecule has 162 valence electrons. The number of carbonyl (C=O) groups excluding carboxylic acids is 1. The highest BCUT2D eigenvalue weighted by Gasteiger charge is 2.32. The van der Waals surface area contributed by atoms with Crippen molar-refractivity contribution in [3.05, 3.63) is 48.0 Å². The van der Waals surface area contributed by atoms with Crippen LogP contribution in [0, 0.1) is 0 Å². The third-order valence-corrected chi connectivity index (χ3v) is 6.59. The molecule has 1 N–H and O–H groups in total. The summed E-state index contributed by atoms with van der Waals surface area (Å²) in [7, 11) is -0.709. The molecule has 0 unspecified atom stereocenters. The second-order valence-corrected chi connectivity index (χ2v) is 9.07. The van der Waals surface area contributed by atoms with Crippen LogP contribution in [-0.4, -0.2) is 58.1 Å². The van der Waals surface area contributed by atoms with Crippen LogP contribution in [0.3, 0.4) is 0 Å². The van der Waals surface area contributed by atoms with Crippen LogP contribution in [0.1, 0.15) is 24.2 Å². The number of ether oxygens (including phenoxy) is 3. The molecule has 0 spiro atoms. The molecular weight excluding hydrogens is 408 g/mol. The SMILES string of the molecule is COc1ccc(NC(=O)c2cccc(S(=O)(=O)N3C[C@@H](C)O[C@H](C)C3)c2)cc1OC. The highest BCUT2D eigenvalue weighted by Crippen LogP contribution is 2.30. The van der Waals surface area contributed by atoms with Crippen molar-refractivity contribution in [2.24, 2.45) is 0 Å². The third-order valence-electron chi connectivity index (χ3n) is 4.76. The highest BCUT2D eigenvalue weighted by atomic mass is 32.2. The number of hydrogen-bond donors (Lipinski definition) is 1. The fourth-order valence-corrected chi connectivity index (χ4v) is 5.03. The number of anilines is 1. The molecule has 0 aliphatic carbocycles. The number of nitrogens with one attached hydrogen (secondary N) is 1. The van der Waals surface area contributed by atoms with Crippen molar-refractivity contribution < 1.29 is 27.4 Å². The van der Waals surface area contributed by atoms with Gasteiger partial charge in [-0.1, -0.05) is 6.07 Å². The number of morpholine rings is 1. The van der Waals surface area contributed by atoms with E-state index in [0.717, 1.165) is 0 Å². The van der Waals surface area contributed by atoms with Gasteiger partial charge < -0.3 is 19.5 Å². The van der Waals surface area contributed by atoms with E-state index in [1.54, 1.807) is 30.3 Å². The summed E-state index contributed by atoms with van der Waals surface area (Å²) >= 11 is 0. The highest BCUT2D eigenvalue weighted by molar-refractivity contribution is 7.89. The van der Waals surface area contributed by atoms with E-state index >= 15 is 0 Å². The first-order valence-corrected chi connectivity index (χ1v) is 11.0. The molecule has 0 saturated carbocycles. The zero-order valence-electron chi connectivity index (χ0n) is 17.4. The van der Waals surface area contributed by atoms with Crippen LogP contribution in [0.2, 0.25) is 0 Å². The van der Waals surface area contributed by atoms with Gasteiger partial charge >= 0.3 is 0 Å². The summed E-state index contributed by atoms with van der Waals surface area (Å²) in [5.74, 6) is 0.586. The minimum atomic E-state index is -3.74. The van der Waals surface area contributed by atoms with Gasteiger partial charge in [-0.05, 0) is 44.2 Å². The summed E-state index contributed by atoms with van der Waals surface area (Å²) in [6.07, 6.45) is -0.389. The molecule has 8 nitrogen and oxygen atoms in total. The fraction of sp³-hybridized carbons (Fsp3) is 0.381. The lowest BCUT2D eigenvalue weighted by molar-refractivity contribution is -0.0440. The second kappa shape index (κ2) is 9.03. The molecule has 1 saturated heterocycles. The summed E-state index contributed by atoms with van der Waals surface area (Å²) < 4.78 is 43.6. The fourth-order valence-electron chi connectivity index (χ4n) is 3.39. The Morgan fingerprint density at radius 3 is 2.33 bits per heavy atom. The normalized spacial score (nSPS) is 19.9. The van der Waals surface area contributed by atoms with Crippen LogP contribution < -0.4 is 14.8 Å². The number of amides is 1. The number of nitrogens with zero attached hydrogens (tertiary/aromatic N) is 1. The Bertz CT molecular complexity index is 1010. The van der Waals surface area contributed by atoms with Crippen molar-refractivity contribution in [3.63, 3.8) is 0 Å². The number of benzene rings is 2. The predicted octanol–water partition coefficient (Wildman–Crippen LogP) is 2.75. The largest absolute Gasteiger partial charge is 0.493 e. The van der Waals surface area contributed by atoms with Gasteiger partial charge in [-0.2, -0.15) is 4.31 Å². The summed E-state index contributed by atoms with van der Waals surface area (Å²) in [4.78, 5) is 12.8. The van der Waals surface area contributed by atoms with E-state index in [-0.39, 0.29) is 35.8 Å². The van der Waals surface area contributed by atoms with Gasteiger partial charge in [0.05, 0.1) is 31.3 Å². The van der Waals surface area contributed by atoms with E-state index in [2.05, 4.69) is 5.32 Å². The number of hydrogen-bond acceptors (Lipinski definition) is 6. The van der Waals surface area contributed by atoms with Gasteiger partial charge in [-0.15, -0.1) is 0 Å². The quantitative estimate of drug-likeness (QED) is 0.751. The van der Waals surface area contributed by atoms with E-state index in [0.29, 0.717) is 17.2 Å². The Labute approximate surface area is 176 Å². The Kier molecular flexibility index (Phi) is 6.64. The van der Waals surface area contributed by atoms with Gasteiger partial charge in [0, 0.05) is 30.4 Å². The third kappa shape index (κ3) is 4.75. The maximum atomic E-state index is 13.1. The van der Waals surface area contributed by atoms with Crippen molar-refractivity contribution in [1.29, 1.82) is 0 Å². The first-order valence-electron chi connectivity index (χ1n) is 9.53. The van der Waals surface area contributed by atoms with Crippen molar-refractivity contribution in [3.8, 4) is 11.5 Å². The van der Waals surface area contributed by atoms with Crippen LogP contribution in [0.15, 0.2) is 47.4 Å². The van der Waals surface area contributed by atoms with Crippen LogP contribution in [-0.2, 0) is 14.8 Å². The number of methoxy groups -OCH3 is 2. The molecule has 1 aliphatic heterocycles. The molecule has 0 radical (unpaired) electrons. The van der Waals surface area contributed by atoms with E-state index in [1.807, 2.05) is 13.8 Å². The maximum Gasteiger partial charge on any atom is 0.255 e. The maximum absolute atomic E-state index is 13.1. The van der Waals surface area contributed by atoms with E-state index in [1.165, 1.54) is 30.7 Å². The molecule has 30 heavy (non-hydrogen) atoms. The molecule has 0 bridgehead atoms. The van der Waals surface area contributed by atoms with Crippen LogP contribution in [0.25, 0.3) is 0 Å². The molecule has 9 heteroatoms. The van der Waals surface area contributed by atoms with Crippen LogP contribution in [0.5, 0.6) is 11.5 Å². The molecular formula is C21H26N2O6S. The molecule has 2 aromatic carbocycles. The lowest BCUT2D eigenvalue weighted by Crippen LogP contribution is -2.48. The van der Waals surface area contributed by atoms with E-state index in [9.17, 15) is 13.2 Å². The minimum absolute atomic E-state index is 0.0729. The minimum Gasteiger partial charge on any atom is -0.493 e. The van der Waals surface area contributed by atoms with Crippen molar-refractivity contribution in [1.82, 2.24) is 4.31 Å². The average molecular weight is 435 g/mol. The molecule has 3 rings (SSSR count). The molecule has 1 heterocycles. The summed E-state index contributed by atoms with van der Waals surface area (Å²) in [5, 5.41) is 2.75. The Morgan fingerprint density at radius 1 is 1.03 bits per heavy atom. The topological polar surface area (TPSA) is 94.2 Å². The van der Waals surface area contributed by atoms with Crippen molar-refractivity contribution in [2.45, 2.75) is 31.0 Å². The van der Waals surface area contributed by atoms with Gasteiger partial charge in [0.1, 0.15) is 0 Å². The summed E-state index contributed by atoms with van der Waals surface area (Å²) in [6.45, 7) is 4.22. The first kappa shape index (κ1) is 22.1. The van der Waals surface area contributed by atoms with Gasteiger partial charge in [0.2, 0.25) is 10.0 Å². The van der Waals surface area contributed by atoms with Crippen molar-refractivity contribution >= 4 is 21.6 Å². The Morgan fingerprint density at radius 2 is 1.70 bits per heavy atom. The molecule has 2 aromatic rings. The van der Waals surface area contributed by atoms with Crippen LogP contribution >= 0.6 is 0 Å². The average Bonchev–Trinajstić information content (AvgIpc) is 2.73. The Hall–Kier alpha value is -2.62. The zero-order chi connectivity index (χ0) is 21.9. The number of rotatable bonds is 6. The first-order chi connectivity index (χ1) is 14.2. The van der Waals surface area contributed by atoms with E-state index < -0.39 is 15.9 Å². The molecule has 1 aliphatic rings.